The van der Waals surface area contributed by atoms with Crippen LogP contribution in [0.5, 0.6) is 5.75 Å². The van der Waals surface area contributed by atoms with Crippen molar-refractivity contribution in [1.82, 2.24) is 0 Å². The highest BCUT2D eigenvalue weighted by Crippen LogP contribution is 2.42. The van der Waals surface area contributed by atoms with Gasteiger partial charge in [-0.3, -0.25) is 4.79 Å². The van der Waals surface area contributed by atoms with E-state index in [-0.39, 0.29) is 6.07 Å². The number of carboxylic acids is 1. The van der Waals surface area contributed by atoms with E-state index in [2.05, 4.69) is 0 Å². The van der Waals surface area contributed by atoms with Gasteiger partial charge in [0.2, 0.25) is 0 Å². The molecule has 0 aliphatic heterocycles. The lowest BCUT2D eigenvalue weighted by Crippen LogP contribution is -2.25. The van der Waals surface area contributed by atoms with Crippen LogP contribution < -0.4 is 5.73 Å². The number of aliphatic carboxylic acids is 1. The molecule has 0 fully saturated rings. The van der Waals surface area contributed by atoms with Crippen LogP contribution >= 0.6 is 11.6 Å². The van der Waals surface area contributed by atoms with E-state index in [9.17, 15) is 27.5 Å². The highest BCUT2D eigenvalue weighted by Gasteiger charge is 2.39. The van der Waals surface area contributed by atoms with Crippen LogP contribution in [0.1, 0.15) is 17.2 Å². The normalized spacial score (nSPS) is 13.4. The second-order valence-corrected chi connectivity index (χ2v) is 3.70. The van der Waals surface area contributed by atoms with Crippen molar-refractivity contribution in [1.29, 1.82) is 0 Å². The molecule has 1 atom stereocenters. The van der Waals surface area contributed by atoms with Gasteiger partial charge < -0.3 is 15.9 Å². The maximum atomic E-state index is 13.2. The molecule has 9 heteroatoms. The molecule has 0 aliphatic rings. The van der Waals surface area contributed by atoms with Crippen LogP contribution in [0.4, 0.5) is 17.6 Å². The summed E-state index contributed by atoms with van der Waals surface area (Å²) in [6.45, 7) is 0. The van der Waals surface area contributed by atoms with Gasteiger partial charge in [0.1, 0.15) is 6.04 Å². The van der Waals surface area contributed by atoms with Crippen LogP contribution in [0.15, 0.2) is 6.07 Å². The highest BCUT2D eigenvalue weighted by molar-refractivity contribution is 6.31. The predicted octanol–water partition coefficient (Wildman–Crippen LogP) is 2.29. The first-order chi connectivity index (χ1) is 8.07. The number of hydrogen-bond acceptors (Lipinski definition) is 3. The van der Waals surface area contributed by atoms with Crippen LogP contribution in [-0.4, -0.2) is 16.2 Å². The molecule has 0 radical (unpaired) electrons. The molecule has 0 aliphatic carbocycles. The minimum absolute atomic E-state index is 0.175. The minimum atomic E-state index is -5.03. The first-order valence-electron chi connectivity index (χ1n) is 4.33. The third-order valence-electron chi connectivity index (χ3n) is 2.12. The number of benzene rings is 1. The van der Waals surface area contributed by atoms with Gasteiger partial charge in [0.05, 0.1) is 10.6 Å². The minimum Gasteiger partial charge on any atom is -0.505 e. The summed E-state index contributed by atoms with van der Waals surface area (Å²) in [7, 11) is 0. The number of aromatic hydroxyl groups is 1. The fourth-order valence-electron chi connectivity index (χ4n) is 1.30. The Hall–Kier alpha value is -1.54. The zero-order valence-corrected chi connectivity index (χ0v) is 9.18. The summed E-state index contributed by atoms with van der Waals surface area (Å²) >= 11 is 5.16. The van der Waals surface area contributed by atoms with Crippen LogP contribution in [0, 0.1) is 5.82 Å². The van der Waals surface area contributed by atoms with Crippen molar-refractivity contribution in [3.05, 3.63) is 28.0 Å². The lowest BCUT2D eigenvalue weighted by atomic mass is 9.99. The Labute approximate surface area is 103 Å². The van der Waals surface area contributed by atoms with Gasteiger partial charge in [-0.05, 0) is 6.07 Å². The quantitative estimate of drug-likeness (QED) is 0.729. The first-order valence-corrected chi connectivity index (χ1v) is 4.71. The monoisotopic (exact) mass is 287 g/mol. The lowest BCUT2D eigenvalue weighted by molar-refractivity contribution is -0.141. The molecule has 1 aromatic rings. The molecule has 0 spiro atoms. The smallest absolute Gasteiger partial charge is 0.416 e. The number of carbonyl (C=O) groups is 1. The Bertz CT molecular complexity index is 504. The molecule has 0 unspecified atom stereocenters. The summed E-state index contributed by atoms with van der Waals surface area (Å²) in [5.41, 5.74) is 2.12. The summed E-state index contributed by atoms with van der Waals surface area (Å²) in [4.78, 5) is 10.6. The van der Waals surface area contributed by atoms with Crippen LogP contribution in [-0.2, 0) is 11.0 Å². The van der Waals surface area contributed by atoms with Crippen LogP contribution in [0.25, 0.3) is 0 Å². The Morgan fingerprint density at radius 1 is 1.44 bits per heavy atom. The van der Waals surface area contributed by atoms with E-state index >= 15 is 0 Å². The molecular weight excluding hydrogens is 282 g/mol. The van der Waals surface area contributed by atoms with E-state index < -0.39 is 45.9 Å². The largest absolute Gasteiger partial charge is 0.505 e. The number of carboxylic acid groups (broad SMARTS) is 1. The maximum absolute atomic E-state index is 13.2. The molecule has 100 valence electrons. The summed E-state index contributed by atoms with van der Waals surface area (Å²) in [5.74, 6) is -4.93. The van der Waals surface area contributed by atoms with Gasteiger partial charge in [-0.25, -0.2) is 4.39 Å². The molecule has 0 saturated heterocycles. The standard InChI is InChI=1S/C9H6ClF4NO3/c10-3-1-2(9(12,13)14)4(6(15)8(17)18)7(16)5(3)11/h1,6,16H,15H2,(H,17,18)/t6-/m0/s1. The van der Waals surface area contributed by atoms with E-state index in [1.54, 1.807) is 0 Å². The molecular formula is C9H6ClF4NO3. The average molecular weight is 288 g/mol. The summed E-state index contributed by atoms with van der Waals surface area (Å²) in [6.07, 6.45) is -5.03. The van der Waals surface area contributed by atoms with Gasteiger partial charge >= 0.3 is 12.1 Å². The van der Waals surface area contributed by atoms with E-state index in [0.29, 0.717) is 0 Å². The van der Waals surface area contributed by atoms with E-state index in [1.165, 1.54) is 0 Å². The number of phenols is 1. The van der Waals surface area contributed by atoms with Crippen LogP contribution in [0.2, 0.25) is 5.02 Å². The van der Waals surface area contributed by atoms with Crippen molar-refractivity contribution in [2.45, 2.75) is 12.2 Å². The van der Waals surface area contributed by atoms with Crippen molar-refractivity contribution in [3.63, 3.8) is 0 Å². The SMILES string of the molecule is N[C@H](C(=O)O)c1c(C(F)(F)F)cc(Cl)c(F)c1O. The number of phenolic OH excluding ortho intramolecular Hbond substituents is 1. The number of rotatable bonds is 2. The van der Waals surface area contributed by atoms with Gasteiger partial charge in [0.15, 0.2) is 11.6 Å². The second kappa shape index (κ2) is 4.62. The van der Waals surface area contributed by atoms with Gasteiger partial charge in [-0.2, -0.15) is 13.2 Å². The van der Waals surface area contributed by atoms with Gasteiger partial charge in [0, 0.05) is 5.56 Å². The molecule has 1 aromatic carbocycles. The fraction of sp³-hybridized carbons (Fsp3) is 0.222. The topological polar surface area (TPSA) is 83.6 Å². The zero-order valence-electron chi connectivity index (χ0n) is 8.42. The molecule has 0 aromatic heterocycles. The van der Waals surface area contributed by atoms with E-state index in [4.69, 9.17) is 22.4 Å². The summed E-state index contributed by atoms with van der Waals surface area (Å²) in [6, 6.07) is -2.05. The Morgan fingerprint density at radius 3 is 2.33 bits per heavy atom. The Morgan fingerprint density at radius 2 is 1.94 bits per heavy atom. The molecule has 0 heterocycles. The molecule has 4 nitrogen and oxygen atoms in total. The number of alkyl halides is 3. The fourth-order valence-corrected chi connectivity index (χ4v) is 1.50. The third kappa shape index (κ3) is 2.49. The van der Waals surface area contributed by atoms with Gasteiger partial charge in [-0.15, -0.1) is 0 Å². The molecule has 4 N–H and O–H groups in total. The number of hydrogen-bond donors (Lipinski definition) is 3. The number of halogens is 5. The van der Waals surface area contributed by atoms with Gasteiger partial charge in [-0.1, -0.05) is 11.6 Å². The van der Waals surface area contributed by atoms with Crippen molar-refractivity contribution in [2.75, 3.05) is 0 Å². The highest BCUT2D eigenvalue weighted by atomic mass is 35.5. The van der Waals surface area contributed by atoms with E-state index in [1.807, 2.05) is 0 Å². The average Bonchev–Trinajstić information content (AvgIpc) is 2.23. The third-order valence-corrected chi connectivity index (χ3v) is 2.39. The molecule has 0 bridgehead atoms. The molecule has 1 rings (SSSR count). The predicted molar refractivity (Wildman–Crippen MR) is 52.6 cm³/mol. The summed E-state index contributed by atoms with van der Waals surface area (Å²) < 4.78 is 51.1. The Balaban J connectivity index is 3.65. The molecule has 0 saturated carbocycles. The van der Waals surface area contributed by atoms with Crippen LogP contribution in [0.3, 0.4) is 0 Å². The van der Waals surface area contributed by atoms with Crippen molar-refractivity contribution in [3.8, 4) is 5.75 Å². The lowest BCUT2D eigenvalue weighted by Gasteiger charge is -2.18. The van der Waals surface area contributed by atoms with Crippen molar-refractivity contribution in [2.24, 2.45) is 5.73 Å². The maximum Gasteiger partial charge on any atom is 0.416 e. The first kappa shape index (κ1) is 14.5. The molecule has 18 heavy (non-hydrogen) atoms. The summed E-state index contributed by atoms with van der Waals surface area (Å²) in [5, 5.41) is 16.8. The zero-order chi connectivity index (χ0) is 14.2. The second-order valence-electron chi connectivity index (χ2n) is 3.30. The van der Waals surface area contributed by atoms with Crippen molar-refractivity contribution >= 4 is 17.6 Å². The van der Waals surface area contributed by atoms with Crippen molar-refractivity contribution < 1.29 is 32.6 Å². The Kier molecular flexibility index (Phi) is 3.72. The van der Waals surface area contributed by atoms with E-state index in [0.717, 1.165) is 0 Å². The van der Waals surface area contributed by atoms with Gasteiger partial charge in [0.25, 0.3) is 0 Å². The molecule has 0 amide bonds. The number of nitrogens with two attached hydrogens (primary N) is 1.